The van der Waals surface area contributed by atoms with E-state index in [4.69, 9.17) is 5.73 Å². The molecule has 0 radical (unpaired) electrons. The minimum Gasteiger partial charge on any atom is -0.394 e. The fraction of sp³-hybridized carbons (Fsp3) is 0.636. The molecule has 1 rings (SSSR count). The van der Waals surface area contributed by atoms with Crippen molar-refractivity contribution in [1.29, 1.82) is 0 Å². The summed E-state index contributed by atoms with van der Waals surface area (Å²) in [5.41, 5.74) is 6.39. The molecule has 1 amide bonds. The number of nitrogens with two attached hydrogens (primary N) is 1. The van der Waals surface area contributed by atoms with Crippen molar-refractivity contribution in [1.82, 2.24) is 14.7 Å². The van der Waals surface area contributed by atoms with E-state index in [9.17, 15) is 4.79 Å². The van der Waals surface area contributed by atoms with Gasteiger partial charge in [0.2, 0.25) is 5.91 Å². The Balaban J connectivity index is 2.69. The van der Waals surface area contributed by atoms with E-state index in [0.717, 1.165) is 13.1 Å². The molecular formula is C11H21N5O. The molecule has 0 atom stereocenters. The quantitative estimate of drug-likeness (QED) is 0.803. The molecule has 0 saturated heterocycles. The van der Waals surface area contributed by atoms with Gasteiger partial charge in [0.25, 0.3) is 0 Å². The van der Waals surface area contributed by atoms with Gasteiger partial charge >= 0.3 is 0 Å². The summed E-state index contributed by atoms with van der Waals surface area (Å²) in [6.07, 6.45) is 1.73. The number of aryl methyl sites for hydroxylation is 1. The third kappa shape index (κ3) is 3.12. The van der Waals surface area contributed by atoms with Crippen molar-refractivity contribution in [2.24, 2.45) is 7.05 Å². The lowest BCUT2D eigenvalue weighted by atomic mass is 10.4. The van der Waals surface area contributed by atoms with Crippen LogP contribution in [-0.4, -0.2) is 47.3 Å². The Morgan fingerprint density at radius 3 is 2.47 bits per heavy atom. The number of carbonyl (C=O) groups excluding carboxylic acids is 1. The highest BCUT2D eigenvalue weighted by Crippen LogP contribution is 2.18. The summed E-state index contributed by atoms with van der Waals surface area (Å²) in [5.74, 6) is 0.732. The predicted molar refractivity (Wildman–Crippen MR) is 68.8 cm³/mol. The lowest BCUT2D eigenvalue weighted by molar-refractivity contribution is -0.129. The van der Waals surface area contributed by atoms with E-state index in [2.05, 4.69) is 5.10 Å². The predicted octanol–water partition coefficient (Wildman–Crippen LogP) is 0.307. The van der Waals surface area contributed by atoms with Gasteiger partial charge in [-0.15, -0.1) is 0 Å². The van der Waals surface area contributed by atoms with Gasteiger partial charge in [-0.25, -0.2) is 0 Å². The molecule has 0 fully saturated rings. The van der Waals surface area contributed by atoms with Crippen LogP contribution in [0.15, 0.2) is 6.20 Å². The molecule has 1 aromatic rings. The first-order valence-electron chi connectivity index (χ1n) is 5.77. The van der Waals surface area contributed by atoms with Crippen LogP contribution < -0.4 is 10.6 Å². The van der Waals surface area contributed by atoms with Crippen LogP contribution in [0.3, 0.4) is 0 Å². The van der Waals surface area contributed by atoms with Gasteiger partial charge in [0.05, 0.1) is 12.2 Å². The van der Waals surface area contributed by atoms with Gasteiger partial charge in [0.1, 0.15) is 0 Å². The van der Waals surface area contributed by atoms with Crippen LogP contribution in [0.4, 0.5) is 11.5 Å². The van der Waals surface area contributed by atoms with Gasteiger partial charge in [-0.2, -0.15) is 5.10 Å². The SMILES string of the molecule is CCN(CC)C(=O)CN(C)c1nn(C)cc1N. The van der Waals surface area contributed by atoms with Crippen LogP contribution >= 0.6 is 0 Å². The van der Waals surface area contributed by atoms with Crippen molar-refractivity contribution < 1.29 is 4.79 Å². The van der Waals surface area contributed by atoms with E-state index >= 15 is 0 Å². The molecule has 0 aliphatic rings. The number of aromatic nitrogens is 2. The molecule has 0 aromatic carbocycles. The number of hydrogen-bond donors (Lipinski definition) is 1. The summed E-state index contributed by atoms with van der Waals surface area (Å²) in [7, 11) is 3.63. The van der Waals surface area contributed by atoms with Gasteiger partial charge in [0.15, 0.2) is 5.82 Å². The summed E-state index contributed by atoms with van der Waals surface area (Å²) >= 11 is 0. The summed E-state index contributed by atoms with van der Waals surface area (Å²) in [6, 6.07) is 0. The first-order chi connectivity index (χ1) is 7.99. The lowest BCUT2D eigenvalue weighted by Gasteiger charge is -2.23. The highest BCUT2D eigenvalue weighted by atomic mass is 16.2. The summed E-state index contributed by atoms with van der Waals surface area (Å²) in [4.78, 5) is 15.5. The van der Waals surface area contributed by atoms with Crippen LogP contribution in [0, 0.1) is 0 Å². The zero-order valence-electron chi connectivity index (χ0n) is 11.0. The van der Waals surface area contributed by atoms with Gasteiger partial charge in [-0.05, 0) is 13.8 Å². The van der Waals surface area contributed by atoms with E-state index in [1.807, 2.05) is 20.9 Å². The minimum atomic E-state index is 0.0857. The molecule has 1 heterocycles. The van der Waals surface area contributed by atoms with Crippen molar-refractivity contribution >= 4 is 17.4 Å². The van der Waals surface area contributed by atoms with E-state index in [-0.39, 0.29) is 5.91 Å². The molecule has 0 spiro atoms. The largest absolute Gasteiger partial charge is 0.394 e. The number of nitrogen functional groups attached to an aromatic ring is 1. The van der Waals surface area contributed by atoms with Crippen molar-refractivity contribution in [3.05, 3.63) is 6.20 Å². The number of rotatable bonds is 5. The molecule has 0 bridgehead atoms. The van der Waals surface area contributed by atoms with Crippen molar-refractivity contribution in [2.45, 2.75) is 13.8 Å². The van der Waals surface area contributed by atoms with Crippen LogP contribution in [0.1, 0.15) is 13.8 Å². The third-order valence-corrected chi connectivity index (χ3v) is 2.69. The second kappa shape index (κ2) is 5.56. The van der Waals surface area contributed by atoms with E-state index in [0.29, 0.717) is 18.1 Å². The van der Waals surface area contributed by atoms with Crippen LogP contribution in [-0.2, 0) is 11.8 Å². The number of amides is 1. The maximum atomic E-state index is 11.9. The second-order valence-electron chi connectivity index (χ2n) is 4.00. The van der Waals surface area contributed by atoms with Gasteiger partial charge in [-0.1, -0.05) is 0 Å². The Morgan fingerprint density at radius 1 is 1.47 bits per heavy atom. The van der Waals surface area contributed by atoms with E-state index in [1.54, 1.807) is 27.7 Å². The maximum Gasteiger partial charge on any atom is 0.242 e. The number of likely N-dealkylation sites (N-methyl/N-ethyl adjacent to an activating group) is 2. The normalized spacial score (nSPS) is 10.4. The standard InChI is InChI=1S/C11H21N5O/c1-5-16(6-2)10(17)8-14(3)11-9(12)7-15(4)13-11/h7H,5-6,8,12H2,1-4H3. The topological polar surface area (TPSA) is 67.4 Å². The second-order valence-corrected chi connectivity index (χ2v) is 4.00. The molecule has 1 aromatic heterocycles. The average Bonchev–Trinajstić information content (AvgIpc) is 2.59. The third-order valence-electron chi connectivity index (χ3n) is 2.69. The highest BCUT2D eigenvalue weighted by Gasteiger charge is 2.16. The molecule has 96 valence electrons. The number of nitrogens with zero attached hydrogens (tertiary/aromatic N) is 4. The fourth-order valence-corrected chi connectivity index (χ4v) is 1.75. The molecule has 17 heavy (non-hydrogen) atoms. The molecule has 6 nitrogen and oxygen atoms in total. The molecule has 0 saturated carbocycles. The Bertz CT molecular complexity index is 383. The molecular weight excluding hydrogens is 218 g/mol. The van der Waals surface area contributed by atoms with E-state index < -0.39 is 0 Å². The lowest BCUT2D eigenvalue weighted by Crippen LogP contribution is -2.39. The maximum absolute atomic E-state index is 11.9. The highest BCUT2D eigenvalue weighted by molar-refractivity contribution is 5.82. The van der Waals surface area contributed by atoms with Gasteiger partial charge < -0.3 is 15.5 Å². The van der Waals surface area contributed by atoms with Gasteiger partial charge in [-0.3, -0.25) is 9.48 Å². The Kier molecular flexibility index (Phi) is 4.37. The Hall–Kier alpha value is -1.72. The Morgan fingerprint density at radius 2 is 2.06 bits per heavy atom. The average molecular weight is 239 g/mol. The van der Waals surface area contributed by atoms with Crippen molar-refractivity contribution in [2.75, 3.05) is 37.3 Å². The number of carbonyl (C=O) groups is 1. The first kappa shape index (κ1) is 13.3. The van der Waals surface area contributed by atoms with Crippen LogP contribution in [0.25, 0.3) is 0 Å². The molecule has 0 aliphatic carbocycles. The van der Waals surface area contributed by atoms with Crippen LogP contribution in [0.5, 0.6) is 0 Å². The zero-order chi connectivity index (χ0) is 13.0. The van der Waals surface area contributed by atoms with Crippen molar-refractivity contribution in [3.63, 3.8) is 0 Å². The first-order valence-corrected chi connectivity index (χ1v) is 5.77. The molecule has 0 unspecified atom stereocenters. The summed E-state index contributed by atoms with van der Waals surface area (Å²) in [6.45, 7) is 5.68. The van der Waals surface area contributed by atoms with Gasteiger partial charge in [0, 0.05) is 33.4 Å². The number of hydrogen-bond acceptors (Lipinski definition) is 4. The smallest absolute Gasteiger partial charge is 0.242 e. The molecule has 6 heteroatoms. The minimum absolute atomic E-state index is 0.0857. The number of anilines is 2. The van der Waals surface area contributed by atoms with Crippen molar-refractivity contribution in [3.8, 4) is 0 Å². The Labute approximate surface area is 102 Å². The van der Waals surface area contributed by atoms with Crippen LogP contribution in [0.2, 0.25) is 0 Å². The monoisotopic (exact) mass is 239 g/mol. The summed E-state index contributed by atoms with van der Waals surface area (Å²) < 4.78 is 1.64. The van der Waals surface area contributed by atoms with E-state index in [1.165, 1.54) is 0 Å². The zero-order valence-corrected chi connectivity index (χ0v) is 11.0. The summed E-state index contributed by atoms with van der Waals surface area (Å²) in [5, 5.41) is 4.22. The fourth-order valence-electron chi connectivity index (χ4n) is 1.75. The molecule has 0 aliphatic heterocycles. The molecule has 2 N–H and O–H groups in total.